The summed E-state index contributed by atoms with van der Waals surface area (Å²) in [6.07, 6.45) is 5.66. The minimum atomic E-state index is 0.783. The van der Waals surface area contributed by atoms with E-state index in [-0.39, 0.29) is 0 Å². The quantitative estimate of drug-likeness (QED) is 0.681. The first-order chi connectivity index (χ1) is 8.38. The van der Waals surface area contributed by atoms with Crippen molar-refractivity contribution in [1.29, 1.82) is 0 Å². The lowest BCUT2D eigenvalue weighted by Gasteiger charge is -2.11. The molecule has 0 radical (unpaired) electrons. The second-order valence-corrected chi connectivity index (χ2v) is 5.01. The number of hydrogen-bond donors (Lipinski definition) is 1. The summed E-state index contributed by atoms with van der Waals surface area (Å²) < 4.78 is 5.13. The van der Waals surface area contributed by atoms with Crippen molar-refractivity contribution in [1.82, 2.24) is 0 Å². The van der Waals surface area contributed by atoms with Gasteiger partial charge in [-0.1, -0.05) is 18.2 Å². The van der Waals surface area contributed by atoms with E-state index >= 15 is 0 Å². The summed E-state index contributed by atoms with van der Waals surface area (Å²) in [5.74, 6) is 1.26. The summed E-state index contributed by atoms with van der Waals surface area (Å²) in [5, 5.41) is 3.52. The third-order valence-corrected chi connectivity index (χ3v) is 3.38. The Morgan fingerprint density at radius 3 is 2.82 bits per heavy atom. The Morgan fingerprint density at radius 1 is 1.24 bits per heavy atom. The maximum Gasteiger partial charge on any atom is 0.0503 e. The van der Waals surface area contributed by atoms with Crippen LogP contribution >= 0.6 is 11.8 Å². The molecule has 0 amide bonds. The molecule has 0 fully saturated rings. The molecule has 0 aliphatic rings. The van der Waals surface area contributed by atoms with Gasteiger partial charge in [0.15, 0.2) is 0 Å². The van der Waals surface area contributed by atoms with E-state index in [1.807, 2.05) is 11.8 Å². The van der Waals surface area contributed by atoms with Gasteiger partial charge in [0.2, 0.25) is 0 Å². The summed E-state index contributed by atoms with van der Waals surface area (Å²) in [6.45, 7) is 1.84. The highest BCUT2D eigenvalue weighted by Crippen LogP contribution is 2.15. The molecule has 0 saturated heterocycles. The maximum absolute atomic E-state index is 5.13. The molecule has 1 aromatic rings. The number of thioether (sulfide) groups is 1. The Morgan fingerprint density at radius 2 is 2.06 bits per heavy atom. The first-order valence-corrected chi connectivity index (χ1v) is 7.57. The van der Waals surface area contributed by atoms with Crippen LogP contribution in [-0.2, 0) is 11.2 Å². The minimum absolute atomic E-state index is 0.783. The topological polar surface area (TPSA) is 21.3 Å². The monoisotopic (exact) mass is 253 g/mol. The highest BCUT2D eigenvalue weighted by Gasteiger charge is 2.00. The average molecular weight is 253 g/mol. The molecule has 0 aliphatic carbocycles. The van der Waals surface area contributed by atoms with Crippen LogP contribution in [0.1, 0.15) is 18.4 Å². The molecule has 17 heavy (non-hydrogen) atoms. The molecule has 1 N–H and O–H groups in total. The largest absolute Gasteiger partial charge is 0.385 e. The van der Waals surface area contributed by atoms with Crippen LogP contribution in [0.15, 0.2) is 24.3 Å². The van der Waals surface area contributed by atoms with Gasteiger partial charge in [-0.25, -0.2) is 0 Å². The zero-order chi connectivity index (χ0) is 12.3. The zero-order valence-corrected chi connectivity index (χ0v) is 11.7. The van der Waals surface area contributed by atoms with E-state index < -0.39 is 0 Å². The maximum atomic E-state index is 5.13. The minimum Gasteiger partial charge on any atom is -0.385 e. The molecule has 0 aliphatic heterocycles. The predicted molar refractivity (Wildman–Crippen MR) is 78.1 cm³/mol. The fraction of sp³-hybridized carbons (Fsp3) is 0.571. The predicted octanol–water partition coefficient (Wildman–Crippen LogP) is 3.43. The number of ether oxygens (including phenoxy) is 1. The van der Waals surface area contributed by atoms with Gasteiger partial charge in [0.05, 0.1) is 6.61 Å². The first-order valence-electron chi connectivity index (χ1n) is 6.18. The van der Waals surface area contributed by atoms with Crippen molar-refractivity contribution in [2.45, 2.75) is 19.3 Å². The van der Waals surface area contributed by atoms with Crippen molar-refractivity contribution in [2.24, 2.45) is 0 Å². The lowest BCUT2D eigenvalue weighted by molar-refractivity contribution is 0.202. The second kappa shape index (κ2) is 9.37. The molecule has 2 nitrogen and oxygen atoms in total. The van der Waals surface area contributed by atoms with Crippen LogP contribution in [0.2, 0.25) is 0 Å². The zero-order valence-electron chi connectivity index (χ0n) is 10.9. The van der Waals surface area contributed by atoms with Gasteiger partial charge in [-0.2, -0.15) is 11.8 Å². The van der Waals surface area contributed by atoms with Gasteiger partial charge in [0, 0.05) is 19.3 Å². The summed E-state index contributed by atoms with van der Waals surface area (Å²) in [6, 6.07) is 8.49. The van der Waals surface area contributed by atoms with Gasteiger partial charge >= 0.3 is 0 Å². The standard InChI is InChI=1S/C14H23NOS/c1-16-11-9-13-7-3-4-8-14(13)15-10-5-6-12-17-2/h3-4,7-8,15H,5-6,9-12H2,1-2H3. The van der Waals surface area contributed by atoms with Crippen LogP contribution in [0.4, 0.5) is 5.69 Å². The number of unbranched alkanes of at least 4 members (excludes halogenated alkanes) is 1. The Bertz CT molecular complexity index is 304. The second-order valence-electron chi connectivity index (χ2n) is 4.03. The van der Waals surface area contributed by atoms with Crippen molar-refractivity contribution in [2.75, 3.05) is 37.6 Å². The molecule has 0 spiro atoms. The van der Waals surface area contributed by atoms with Gasteiger partial charge in [0.1, 0.15) is 0 Å². The summed E-state index contributed by atoms with van der Waals surface area (Å²) in [5.41, 5.74) is 2.60. The van der Waals surface area contributed by atoms with Gasteiger partial charge in [-0.15, -0.1) is 0 Å². The van der Waals surface area contributed by atoms with E-state index in [1.54, 1.807) is 7.11 Å². The van der Waals surface area contributed by atoms with E-state index in [4.69, 9.17) is 4.74 Å². The fourth-order valence-electron chi connectivity index (χ4n) is 1.72. The third kappa shape index (κ3) is 5.99. The molecule has 3 heteroatoms. The highest BCUT2D eigenvalue weighted by atomic mass is 32.2. The first kappa shape index (κ1) is 14.4. The number of benzene rings is 1. The molecular formula is C14H23NOS. The molecule has 0 bridgehead atoms. The van der Waals surface area contributed by atoms with Crippen molar-refractivity contribution in [3.8, 4) is 0 Å². The average Bonchev–Trinajstić information content (AvgIpc) is 2.37. The van der Waals surface area contributed by atoms with E-state index in [2.05, 4.69) is 35.8 Å². The van der Waals surface area contributed by atoms with Gasteiger partial charge in [-0.05, 0) is 42.9 Å². The Labute approximate surface area is 109 Å². The number of anilines is 1. The molecule has 1 aromatic carbocycles. The molecule has 96 valence electrons. The molecule has 0 atom stereocenters. The van der Waals surface area contributed by atoms with E-state index in [0.29, 0.717) is 0 Å². The Hall–Kier alpha value is -0.670. The lowest BCUT2D eigenvalue weighted by Crippen LogP contribution is -2.06. The summed E-state index contributed by atoms with van der Waals surface area (Å²) >= 11 is 1.92. The van der Waals surface area contributed by atoms with E-state index in [0.717, 1.165) is 19.6 Å². The molecule has 0 aromatic heterocycles. The van der Waals surface area contributed by atoms with Crippen molar-refractivity contribution in [3.05, 3.63) is 29.8 Å². The summed E-state index contributed by atoms with van der Waals surface area (Å²) in [4.78, 5) is 0. The molecule has 1 rings (SSSR count). The Kier molecular flexibility index (Phi) is 7.93. The molecule has 0 heterocycles. The van der Waals surface area contributed by atoms with Crippen molar-refractivity contribution >= 4 is 17.4 Å². The smallest absolute Gasteiger partial charge is 0.0503 e. The van der Waals surface area contributed by atoms with Gasteiger partial charge in [-0.3, -0.25) is 0 Å². The third-order valence-electron chi connectivity index (χ3n) is 2.68. The summed E-state index contributed by atoms with van der Waals surface area (Å²) in [7, 11) is 1.75. The number of rotatable bonds is 9. The van der Waals surface area contributed by atoms with Gasteiger partial charge < -0.3 is 10.1 Å². The van der Waals surface area contributed by atoms with Crippen LogP contribution in [0.5, 0.6) is 0 Å². The van der Waals surface area contributed by atoms with E-state index in [9.17, 15) is 0 Å². The van der Waals surface area contributed by atoms with Crippen molar-refractivity contribution < 1.29 is 4.74 Å². The molecule has 0 unspecified atom stereocenters. The van der Waals surface area contributed by atoms with Gasteiger partial charge in [0.25, 0.3) is 0 Å². The van der Waals surface area contributed by atoms with Crippen LogP contribution in [0.3, 0.4) is 0 Å². The van der Waals surface area contributed by atoms with Crippen LogP contribution in [0, 0.1) is 0 Å². The molecular weight excluding hydrogens is 230 g/mol. The number of methoxy groups -OCH3 is 1. The SMILES string of the molecule is COCCc1ccccc1NCCCCSC. The van der Waals surface area contributed by atoms with Crippen molar-refractivity contribution in [3.63, 3.8) is 0 Å². The van der Waals surface area contributed by atoms with Crippen LogP contribution < -0.4 is 5.32 Å². The fourth-order valence-corrected chi connectivity index (χ4v) is 2.21. The van der Waals surface area contributed by atoms with E-state index in [1.165, 1.54) is 29.8 Å². The number of nitrogens with one attached hydrogen (secondary N) is 1. The lowest BCUT2D eigenvalue weighted by atomic mass is 10.1. The number of para-hydroxylation sites is 1. The highest BCUT2D eigenvalue weighted by molar-refractivity contribution is 7.98. The van der Waals surface area contributed by atoms with Crippen LogP contribution in [-0.4, -0.2) is 32.3 Å². The number of hydrogen-bond acceptors (Lipinski definition) is 3. The molecule has 0 saturated carbocycles. The Balaban J connectivity index is 2.35. The van der Waals surface area contributed by atoms with Crippen LogP contribution in [0.25, 0.3) is 0 Å². The normalized spacial score (nSPS) is 10.5.